The van der Waals surface area contributed by atoms with Gasteiger partial charge >= 0.3 is 0 Å². The lowest BCUT2D eigenvalue weighted by Gasteiger charge is -2.37. The third-order valence-corrected chi connectivity index (χ3v) is 3.96. The second-order valence-corrected chi connectivity index (χ2v) is 6.64. The first-order valence-corrected chi connectivity index (χ1v) is 6.63. The number of aromatic nitrogens is 2. The van der Waals surface area contributed by atoms with Gasteiger partial charge in [-0.1, -0.05) is 0 Å². The van der Waals surface area contributed by atoms with Crippen molar-refractivity contribution in [1.29, 1.82) is 5.26 Å². The molecular weight excluding hydrogens is 232 g/mol. The molecule has 0 radical (unpaired) electrons. The second kappa shape index (κ2) is 4.53. The Balaban J connectivity index is 2.28. The van der Waals surface area contributed by atoms with Crippen molar-refractivity contribution >= 4 is 17.7 Å². The summed E-state index contributed by atoms with van der Waals surface area (Å²) >= 11 is 1.97. The van der Waals surface area contributed by atoms with Crippen molar-refractivity contribution in [2.24, 2.45) is 0 Å². The topological polar surface area (TPSA) is 52.8 Å². The first-order chi connectivity index (χ1) is 8.00. The molecule has 2 heterocycles. The van der Waals surface area contributed by atoms with Gasteiger partial charge in [-0.2, -0.15) is 17.0 Å². The van der Waals surface area contributed by atoms with E-state index in [4.69, 9.17) is 5.26 Å². The summed E-state index contributed by atoms with van der Waals surface area (Å²) in [7, 11) is 0. The first kappa shape index (κ1) is 12.2. The van der Waals surface area contributed by atoms with E-state index in [1.54, 1.807) is 6.07 Å². The fourth-order valence-corrected chi connectivity index (χ4v) is 3.05. The van der Waals surface area contributed by atoms with Gasteiger partial charge in [-0.25, -0.2) is 9.97 Å². The van der Waals surface area contributed by atoms with Gasteiger partial charge in [0.05, 0.1) is 0 Å². The molecule has 17 heavy (non-hydrogen) atoms. The molecule has 0 saturated carbocycles. The molecule has 1 aromatic rings. The molecule has 1 aromatic heterocycles. The van der Waals surface area contributed by atoms with Crippen LogP contribution in [-0.2, 0) is 0 Å². The Morgan fingerprint density at radius 3 is 2.88 bits per heavy atom. The van der Waals surface area contributed by atoms with E-state index in [0.29, 0.717) is 11.6 Å². The molecule has 0 N–H and O–H groups in total. The van der Waals surface area contributed by atoms with Gasteiger partial charge in [-0.15, -0.1) is 0 Å². The van der Waals surface area contributed by atoms with E-state index in [1.165, 1.54) is 0 Å². The first-order valence-electron chi connectivity index (χ1n) is 5.65. The minimum Gasteiger partial charge on any atom is -0.339 e. The summed E-state index contributed by atoms with van der Waals surface area (Å²) in [6.07, 6.45) is 0. The smallest absolute Gasteiger partial charge is 0.226 e. The summed E-state index contributed by atoms with van der Waals surface area (Å²) < 4.78 is 0.220. The molecule has 0 unspecified atom stereocenters. The average molecular weight is 248 g/mol. The standard InChI is InChI=1S/C12H16N4S/c1-9-6-10(7-13)15-11(14-9)16-4-5-17-12(2,3)8-16/h6H,4-5,8H2,1-3H3. The molecule has 1 aliphatic rings. The van der Waals surface area contributed by atoms with Gasteiger partial charge in [0.25, 0.3) is 0 Å². The molecule has 0 atom stereocenters. The van der Waals surface area contributed by atoms with Crippen LogP contribution in [0.4, 0.5) is 5.95 Å². The Morgan fingerprint density at radius 1 is 1.47 bits per heavy atom. The number of hydrogen-bond donors (Lipinski definition) is 0. The Hall–Kier alpha value is -1.28. The van der Waals surface area contributed by atoms with E-state index in [2.05, 4.69) is 34.8 Å². The van der Waals surface area contributed by atoms with Crippen LogP contribution in [-0.4, -0.2) is 33.6 Å². The molecular formula is C12H16N4S. The molecule has 1 saturated heterocycles. The van der Waals surface area contributed by atoms with Crippen molar-refractivity contribution in [1.82, 2.24) is 9.97 Å². The van der Waals surface area contributed by atoms with Crippen LogP contribution in [0.1, 0.15) is 25.2 Å². The van der Waals surface area contributed by atoms with Crippen LogP contribution >= 0.6 is 11.8 Å². The summed E-state index contributed by atoms with van der Waals surface area (Å²) in [5.41, 5.74) is 1.30. The molecule has 1 aliphatic heterocycles. The summed E-state index contributed by atoms with van der Waals surface area (Å²) in [6, 6.07) is 3.80. The Labute approximate surface area is 106 Å². The maximum atomic E-state index is 8.92. The van der Waals surface area contributed by atoms with E-state index in [-0.39, 0.29) is 4.75 Å². The van der Waals surface area contributed by atoms with Crippen molar-refractivity contribution in [3.63, 3.8) is 0 Å². The molecule has 1 fully saturated rings. The van der Waals surface area contributed by atoms with Crippen LogP contribution in [0.3, 0.4) is 0 Å². The number of nitrogens with zero attached hydrogens (tertiary/aromatic N) is 4. The maximum Gasteiger partial charge on any atom is 0.226 e. The van der Waals surface area contributed by atoms with E-state index >= 15 is 0 Å². The molecule has 4 nitrogen and oxygen atoms in total. The Bertz CT molecular complexity index is 464. The van der Waals surface area contributed by atoms with Gasteiger partial charge in [0, 0.05) is 29.3 Å². The zero-order valence-corrected chi connectivity index (χ0v) is 11.2. The van der Waals surface area contributed by atoms with Crippen LogP contribution < -0.4 is 4.90 Å². The fraction of sp³-hybridized carbons (Fsp3) is 0.583. The third kappa shape index (κ3) is 2.89. The minimum atomic E-state index is 0.220. The molecule has 0 bridgehead atoms. The lowest BCUT2D eigenvalue weighted by atomic mass is 10.2. The van der Waals surface area contributed by atoms with Gasteiger partial charge in [0.15, 0.2) is 0 Å². The summed E-state index contributed by atoms with van der Waals surface area (Å²) in [5.74, 6) is 1.77. The van der Waals surface area contributed by atoms with Crippen molar-refractivity contribution in [3.05, 3.63) is 17.5 Å². The van der Waals surface area contributed by atoms with E-state index in [1.807, 2.05) is 18.7 Å². The van der Waals surface area contributed by atoms with Gasteiger partial charge in [0.1, 0.15) is 11.8 Å². The van der Waals surface area contributed by atoms with Gasteiger partial charge in [-0.3, -0.25) is 0 Å². The van der Waals surface area contributed by atoms with Crippen LogP contribution in [0.5, 0.6) is 0 Å². The van der Waals surface area contributed by atoms with Crippen LogP contribution in [0.2, 0.25) is 0 Å². The van der Waals surface area contributed by atoms with Crippen molar-refractivity contribution in [2.45, 2.75) is 25.5 Å². The normalized spacial score (nSPS) is 18.8. The zero-order chi connectivity index (χ0) is 12.5. The molecule has 0 amide bonds. The lowest BCUT2D eigenvalue weighted by Crippen LogP contribution is -2.44. The lowest BCUT2D eigenvalue weighted by molar-refractivity contribution is 0.634. The predicted octanol–water partition coefficient (Wildman–Crippen LogP) is 1.99. The number of aryl methyl sites for hydroxylation is 1. The molecule has 90 valence electrons. The summed E-state index contributed by atoms with van der Waals surface area (Å²) in [4.78, 5) is 10.9. The highest BCUT2D eigenvalue weighted by Gasteiger charge is 2.28. The van der Waals surface area contributed by atoms with E-state index in [9.17, 15) is 0 Å². The minimum absolute atomic E-state index is 0.220. The van der Waals surface area contributed by atoms with Crippen LogP contribution in [0.15, 0.2) is 6.07 Å². The molecule has 0 aliphatic carbocycles. The molecule has 5 heteroatoms. The number of rotatable bonds is 1. The van der Waals surface area contributed by atoms with E-state index in [0.717, 1.165) is 24.5 Å². The zero-order valence-electron chi connectivity index (χ0n) is 10.4. The number of thioether (sulfide) groups is 1. The monoisotopic (exact) mass is 248 g/mol. The van der Waals surface area contributed by atoms with E-state index < -0.39 is 0 Å². The number of nitriles is 1. The van der Waals surface area contributed by atoms with Crippen molar-refractivity contribution < 1.29 is 0 Å². The number of hydrogen-bond acceptors (Lipinski definition) is 5. The highest BCUT2D eigenvalue weighted by molar-refractivity contribution is 8.00. The number of anilines is 1. The molecule has 0 spiro atoms. The van der Waals surface area contributed by atoms with Crippen LogP contribution in [0, 0.1) is 18.3 Å². The SMILES string of the molecule is Cc1cc(C#N)nc(N2CCSC(C)(C)C2)n1. The highest BCUT2D eigenvalue weighted by atomic mass is 32.2. The van der Waals surface area contributed by atoms with Crippen LogP contribution in [0.25, 0.3) is 0 Å². The fourth-order valence-electron chi connectivity index (χ4n) is 1.94. The molecule has 0 aromatic carbocycles. The quantitative estimate of drug-likeness (QED) is 0.760. The molecule has 2 rings (SSSR count). The Morgan fingerprint density at radius 2 is 2.24 bits per heavy atom. The van der Waals surface area contributed by atoms with Crippen molar-refractivity contribution in [3.8, 4) is 6.07 Å². The maximum absolute atomic E-state index is 8.92. The third-order valence-electron chi connectivity index (χ3n) is 2.67. The summed E-state index contributed by atoms with van der Waals surface area (Å²) in [6.45, 7) is 8.22. The van der Waals surface area contributed by atoms with Gasteiger partial charge in [-0.05, 0) is 26.8 Å². The Kier molecular flexibility index (Phi) is 3.25. The largest absolute Gasteiger partial charge is 0.339 e. The van der Waals surface area contributed by atoms with Crippen molar-refractivity contribution in [2.75, 3.05) is 23.7 Å². The average Bonchev–Trinajstić information content (AvgIpc) is 2.27. The van der Waals surface area contributed by atoms with Gasteiger partial charge in [0.2, 0.25) is 5.95 Å². The second-order valence-electron chi connectivity index (χ2n) is 4.84. The predicted molar refractivity (Wildman–Crippen MR) is 70.2 cm³/mol. The summed E-state index contributed by atoms with van der Waals surface area (Å²) in [5, 5.41) is 8.92. The van der Waals surface area contributed by atoms with Gasteiger partial charge < -0.3 is 4.90 Å². The highest BCUT2D eigenvalue weighted by Crippen LogP contribution is 2.31.